The van der Waals surface area contributed by atoms with E-state index in [2.05, 4.69) is 20.4 Å². The van der Waals surface area contributed by atoms with Crippen LogP contribution >= 0.6 is 0 Å². The van der Waals surface area contributed by atoms with Crippen molar-refractivity contribution in [2.45, 2.75) is 20.3 Å². The summed E-state index contributed by atoms with van der Waals surface area (Å²) < 4.78 is 31.9. The third kappa shape index (κ3) is 2.42. The molecule has 3 rings (SSSR count). The number of hydrogen-bond acceptors (Lipinski definition) is 5. The molecule has 2 aromatic heterocycles. The molecule has 0 aliphatic heterocycles. The summed E-state index contributed by atoms with van der Waals surface area (Å²) in [7, 11) is 0. The Morgan fingerprint density at radius 3 is 2.76 bits per heavy atom. The lowest BCUT2D eigenvalue weighted by Gasteiger charge is -2.08. The second-order valence-corrected chi connectivity index (χ2v) is 4.53. The van der Waals surface area contributed by atoms with Gasteiger partial charge in [0, 0.05) is 6.07 Å². The Morgan fingerprint density at radius 2 is 2.05 bits per heavy atom. The molecule has 0 spiro atoms. The van der Waals surface area contributed by atoms with Crippen molar-refractivity contribution < 1.29 is 13.3 Å². The first kappa shape index (κ1) is 13.4. The Kier molecular flexibility index (Phi) is 3.25. The molecule has 1 N–H and O–H groups in total. The van der Waals surface area contributed by atoms with Crippen LogP contribution in [0.2, 0.25) is 0 Å². The summed E-state index contributed by atoms with van der Waals surface area (Å²) in [5.41, 5.74) is 1.14. The van der Waals surface area contributed by atoms with Crippen LogP contribution in [-0.4, -0.2) is 15.1 Å². The van der Waals surface area contributed by atoms with Gasteiger partial charge in [0.25, 0.3) is 5.71 Å². The van der Waals surface area contributed by atoms with E-state index in [-0.39, 0.29) is 5.69 Å². The maximum Gasteiger partial charge on any atom is 0.263 e. The monoisotopic (exact) mass is 290 g/mol. The molecule has 0 saturated carbocycles. The molecule has 1 aromatic carbocycles. The summed E-state index contributed by atoms with van der Waals surface area (Å²) in [5.74, 6) is -0.484. The van der Waals surface area contributed by atoms with Crippen LogP contribution in [0.25, 0.3) is 11.1 Å². The summed E-state index contributed by atoms with van der Waals surface area (Å²) in [6, 6.07) is 3.29. The van der Waals surface area contributed by atoms with E-state index in [1.807, 2.05) is 6.92 Å². The Morgan fingerprint density at radius 1 is 1.24 bits per heavy atom. The lowest BCUT2D eigenvalue weighted by atomic mass is 10.2. The smallest absolute Gasteiger partial charge is 0.263 e. The highest BCUT2D eigenvalue weighted by atomic mass is 19.1. The van der Waals surface area contributed by atoms with Crippen LogP contribution < -0.4 is 5.32 Å². The van der Waals surface area contributed by atoms with Gasteiger partial charge in [-0.15, -0.1) is 0 Å². The van der Waals surface area contributed by atoms with Crippen LogP contribution in [-0.2, 0) is 6.42 Å². The minimum absolute atomic E-state index is 0.124. The SMILES string of the molecule is CCc1noc2nc(C)nc(Nc3ccc(F)cc3F)c12. The predicted molar refractivity (Wildman–Crippen MR) is 73.4 cm³/mol. The molecule has 0 amide bonds. The molecule has 0 unspecified atom stereocenters. The Balaban J connectivity index is 2.13. The molecule has 5 nitrogen and oxygen atoms in total. The first-order valence-electron chi connectivity index (χ1n) is 6.43. The van der Waals surface area contributed by atoms with E-state index in [0.717, 1.165) is 6.07 Å². The quantitative estimate of drug-likeness (QED) is 0.799. The number of nitrogens with zero attached hydrogens (tertiary/aromatic N) is 3. The first-order chi connectivity index (χ1) is 10.1. The van der Waals surface area contributed by atoms with Gasteiger partial charge in [0.1, 0.15) is 28.7 Å². The van der Waals surface area contributed by atoms with Crippen molar-refractivity contribution in [3.8, 4) is 0 Å². The maximum atomic E-state index is 13.8. The third-order valence-electron chi connectivity index (χ3n) is 3.04. The van der Waals surface area contributed by atoms with Gasteiger partial charge < -0.3 is 9.84 Å². The van der Waals surface area contributed by atoms with Crippen molar-refractivity contribution >= 4 is 22.6 Å². The van der Waals surface area contributed by atoms with E-state index < -0.39 is 11.6 Å². The Labute approximate surface area is 119 Å². The number of aryl methyl sites for hydroxylation is 2. The fourth-order valence-electron chi connectivity index (χ4n) is 2.07. The van der Waals surface area contributed by atoms with Crippen LogP contribution in [0.1, 0.15) is 18.4 Å². The van der Waals surface area contributed by atoms with Crippen molar-refractivity contribution in [3.05, 3.63) is 41.4 Å². The number of benzene rings is 1. The first-order valence-corrected chi connectivity index (χ1v) is 6.43. The molecule has 2 heterocycles. The Hall–Kier alpha value is -2.57. The number of fused-ring (bicyclic) bond motifs is 1. The summed E-state index contributed by atoms with van der Waals surface area (Å²) in [4.78, 5) is 8.41. The zero-order valence-corrected chi connectivity index (χ0v) is 11.4. The number of nitrogens with one attached hydrogen (secondary N) is 1. The van der Waals surface area contributed by atoms with E-state index in [9.17, 15) is 8.78 Å². The van der Waals surface area contributed by atoms with E-state index in [1.54, 1.807) is 6.92 Å². The minimum Gasteiger partial charge on any atom is -0.337 e. The maximum absolute atomic E-state index is 13.8. The fourth-order valence-corrected chi connectivity index (χ4v) is 2.07. The number of rotatable bonds is 3. The molecule has 0 saturated heterocycles. The highest BCUT2D eigenvalue weighted by molar-refractivity contribution is 5.89. The van der Waals surface area contributed by atoms with E-state index in [4.69, 9.17) is 4.52 Å². The zero-order chi connectivity index (χ0) is 15.0. The van der Waals surface area contributed by atoms with Gasteiger partial charge >= 0.3 is 0 Å². The molecule has 0 aliphatic rings. The van der Waals surface area contributed by atoms with Gasteiger partial charge in [-0.1, -0.05) is 12.1 Å². The highest BCUT2D eigenvalue weighted by Crippen LogP contribution is 2.28. The van der Waals surface area contributed by atoms with Crippen LogP contribution in [0.15, 0.2) is 22.7 Å². The minimum atomic E-state index is -0.700. The number of hydrogen-bond donors (Lipinski definition) is 1. The second-order valence-electron chi connectivity index (χ2n) is 4.53. The van der Waals surface area contributed by atoms with Crippen molar-refractivity contribution in [1.29, 1.82) is 0 Å². The van der Waals surface area contributed by atoms with Gasteiger partial charge in [-0.25, -0.2) is 13.8 Å². The van der Waals surface area contributed by atoms with Crippen molar-refractivity contribution in [1.82, 2.24) is 15.1 Å². The molecule has 108 valence electrons. The summed E-state index contributed by atoms with van der Waals surface area (Å²) in [5, 5.41) is 7.38. The lowest BCUT2D eigenvalue weighted by molar-refractivity contribution is 0.439. The Bertz CT molecular complexity index is 816. The summed E-state index contributed by atoms with van der Waals surface area (Å²) >= 11 is 0. The van der Waals surface area contributed by atoms with Gasteiger partial charge in [0.05, 0.1) is 11.4 Å². The molecule has 0 aliphatic carbocycles. The van der Waals surface area contributed by atoms with Crippen molar-refractivity contribution in [2.75, 3.05) is 5.32 Å². The van der Waals surface area contributed by atoms with Gasteiger partial charge in [-0.05, 0) is 25.5 Å². The van der Waals surface area contributed by atoms with Crippen LogP contribution in [0.5, 0.6) is 0 Å². The van der Waals surface area contributed by atoms with Crippen LogP contribution in [0.4, 0.5) is 20.3 Å². The molecule has 3 aromatic rings. The van der Waals surface area contributed by atoms with E-state index in [1.165, 1.54) is 12.1 Å². The van der Waals surface area contributed by atoms with E-state index in [0.29, 0.717) is 34.9 Å². The normalized spacial score (nSPS) is 11.0. The predicted octanol–water partition coefficient (Wildman–Crippen LogP) is 3.51. The summed E-state index contributed by atoms with van der Waals surface area (Å²) in [6.07, 6.45) is 0.625. The van der Waals surface area contributed by atoms with Crippen molar-refractivity contribution in [2.24, 2.45) is 0 Å². The number of anilines is 2. The average Bonchev–Trinajstić information content (AvgIpc) is 2.84. The largest absolute Gasteiger partial charge is 0.337 e. The van der Waals surface area contributed by atoms with E-state index >= 15 is 0 Å². The number of aromatic nitrogens is 3. The molecule has 0 bridgehead atoms. The van der Waals surface area contributed by atoms with Crippen LogP contribution in [0.3, 0.4) is 0 Å². The third-order valence-corrected chi connectivity index (χ3v) is 3.04. The topological polar surface area (TPSA) is 63.8 Å². The fraction of sp³-hybridized carbons (Fsp3) is 0.214. The molecule has 0 radical (unpaired) electrons. The molecule has 0 fully saturated rings. The van der Waals surface area contributed by atoms with Gasteiger partial charge in [-0.2, -0.15) is 4.98 Å². The molecule has 21 heavy (non-hydrogen) atoms. The lowest BCUT2D eigenvalue weighted by Crippen LogP contribution is -2.01. The van der Waals surface area contributed by atoms with Gasteiger partial charge in [-0.3, -0.25) is 0 Å². The molecule has 0 atom stereocenters. The standard InChI is InChI=1S/C14H12F2N4O/c1-3-10-12-13(17-7(2)18-14(12)21-20-10)19-11-5-4-8(15)6-9(11)16/h4-6H,3H2,1-2H3,(H,17,18,19). The van der Waals surface area contributed by atoms with Crippen molar-refractivity contribution in [3.63, 3.8) is 0 Å². The number of halogens is 2. The zero-order valence-electron chi connectivity index (χ0n) is 11.4. The molecular formula is C14H12F2N4O. The van der Waals surface area contributed by atoms with Crippen LogP contribution in [0, 0.1) is 18.6 Å². The summed E-state index contributed by atoms with van der Waals surface area (Å²) in [6.45, 7) is 3.61. The second kappa shape index (κ2) is 5.08. The molecule has 7 heteroatoms. The average molecular weight is 290 g/mol. The highest BCUT2D eigenvalue weighted by Gasteiger charge is 2.16. The van der Waals surface area contributed by atoms with Gasteiger partial charge in [0.15, 0.2) is 0 Å². The molecular weight excluding hydrogens is 278 g/mol. The van der Waals surface area contributed by atoms with Gasteiger partial charge in [0.2, 0.25) is 0 Å².